The molecule has 0 aliphatic rings. The van der Waals surface area contributed by atoms with Crippen molar-refractivity contribution in [3.63, 3.8) is 0 Å². The number of nitrogens with one attached hydrogen (secondary N) is 6. The number of aromatic nitrogens is 6. The standard InChI is InChI=1S/C60H50N16O32S10/c77-53-49-31(27-47(115(95,96)97)51(53)75-73-41-5-1-3-7-45(41)113(89,90)91)25-39(111(83,84)85)29-43(49)65-59-69-55(67-57(71-59)63-35-13-17-37(18-14-35)109(79,80)23-21-107-117(101,102)103)61-33-9-11-34(12-10-33)62-56-68-58(64-36-15-19-38(20-16-36)110(81,82)24-22-108-118(104,105)106)72-60(70-56)66-44-30-40(112(86,87)88)26-32-28-48(116(98,99)100)52(54(78)50(32)44)76-74-42-6-2-4-8-46(42)114(92,93)94/h1-20,25-30,77-78H,21-24H2,(H,83,84,85)(H,86,87,88)(H,89,90,91)(H,92,93,94)(H,95,96,97)(H,98,99,100)(H,101,102,103)(H,104,105,106)(H3,61,63,65,67,69,71)(H3,62,64,66,68,70,72). The molecule has 0 aliphatic carbocycles. The van der Waals surface area contributed by atoms with Crippen molar-refractivity contribution in [3.8, 4) is 11.5 Å². The highest BCUT2D eigenvalue weighted by Gasteiger charge is 2.31. The minimum Gasteiger partial charge on any atom is -0.505 e. The van der Waals surface area contributed by atoms with E-state index in [1.807, 2.05) is 0 Å². The van der Waals surface area contributed by atoms with Gasteiger partial charge in [-0.1, -0.05) is 24.3 Å². The van der Waals surface area contributed by atoms with Gasteiger partial charge in [0.1, 0.15) is 42.3 Å². The van der Waals surface area contributed by atoms with Crippen LogP contribution in [0.3, 0.4) is 0 Å². The molecule has 622 valence electrons. The molecule has 48 nitrogen and oxygen atoms in total. The number of hydrogen-bond donors (Lipinski definition) is 16. The minimum atomic E-state index is -5.54. The van der Waals surface area contributed by atoms with E-state index in [1.54, 1.807) is 0 Å². The molecule has 0 fully saturated rings. The van der Waals surface area contributed by atoms with Crippen LogP contribution in [-0.4, -0.2) is 185 Å². The van der Waals surface area contributed by atoms with Crippen molar-refractivity contribution in [1.82, 2.24) is 29.9 Å². The first kappa shape index (κ1) is 87.1. The number of nitrogens with zero attached hydrogens (tertiary/aromatic N) is 10. The number of aromatic hydroxyl groups is 2. The highest BCUT2D eigenvalue weighted by atomic mass is 32.3. The van der Waals surface area contributed by atoms with Crippen LogP contribution in [0.25, 0.3) is 21.5 Å². The quantitative estimate of drug-likeness (QED) is 0.0142. The molecule has 118 heavy (non-hydrogen) atoms. The van der Waals surface area contributed by atoms with E-state index < -0.39 is 268 Å². The van der Waals surface area contributed by atoms with Gasteiger partial charge in [0.25, 0.3) is 60.7 Å². The predicted molar refractivity (Wildman–Crippen MR) is 409 cm³/mol. The van der Waals surface area contributed by atoms with Gasteiger partial charge in [0, 0.05) is 33.5 Å². The van der Waals surface area contributed by atoms with E-state index in [0.717, 1.165) is 84.9 Å². The Kier molecular flexibility index (Phi) is 24.3. The Morgan fingerprint density at radius 3 is 0.839 bits per heavy atom. The fraction of sp³-hybridized carbons (Fsp3) is 0.0667. The lowest BCUT2D eigenvalue weighted by Gasteiger charge is -2.16. The second-order valence-electron chi connectivity index (χ2n) is 23.6. The van der Waals surface area contributed by atoms with Gasteiger partial charge in [-0.25, -0.2) is 25.2 Å². The summed E-state index contributed by atoms with van der Waals surface area (Å²) >= 11 is 0. The van der Waals surface area contributed by atoms with E-state index >= 15 is 0 Å². The van der Waals surface area contributed by atoms with Gasteiger partial charge in [-0.3, -0.25) is 36.4 Å². The second-order valence-corrected chi connectivity index (χ2v) is 38.4. The molecule has 0 unspecified atom stereocenters. The summed E-state index contributed by atoms with van der Waals surface area (Å²) in [5, 5.41) is 52.7. The number of sulfone groups is 2. The summed E-state index contributed by atoms with van der Waals surface area (Å²) in [5.74, 6) is -7.68. The van der Waals surface area contributed by atoms with Crippen molar-refractivity contribution >= 4 is 215 Å². The molecule has 0 spiro atoms. The summed E-state index contributed by atoms with van der Waals surface area (Å²) in [6, 6.07) is 26.3. The van der Waals surface area contributed by atoms with Gasteiger partial charge in [-0.2, -0.15) is 97.2 Å². The maximum Gasteiger partial charge on any atom is 0.397 e. The summed E-state index contributed by atoms with van der Waals surface area (Å²) in [4.78, 5) is 18.8. The van der Waals surface area contributed by atoms with Crippen LogP contribution in [0.2, 0.25) is 0 Å². The third kappa shape index (κ3) is 21.7. The molecule has 16 N–H and O–H groups in total. The molecular formula is C60H50N16O32S10. The number of benzene rings is 9. The van der Waals surface area contributed by atoms with Gasteiger partial charge in [0.05, 0.1) is 55.7 Å². The molecule has 58 heteroatoms. The van der Waals surface area contributed by atoms with E-state index in [4.69, 9.17) is 9.11 Å². The van der Waals surface area contributed by atoms with E-state index in [-0.39, 0.29) is 22.7 Å². The Labute approximate surface area is 665 Å². The SMILES string of the molecule is O=S(=O)(O)OCCS(=O)(=O)c1ccc(Nc2nc(Nc3ccc(Nc4nc(Nc5ccc(S(=O)(=O)CCOS(=O)(=O)O)cc5)nc(Nc5cc(S(=O)(=O)O)cc6cc(S(=O)(=O)O)c(N=Nc7ccccc7S(=O)(=O)O)c(O)c56)n4)cc3)nc(Nc3cc(S(=O)(=O)O)cc4cc(S(=O)(=O)O)c(N=Nc5ccccc5S(=O)(=O)O)c(O)c34)n2)cc1. The molecule has 0 radical (unpaired) electrons. The summed E-state index contributed by atoms with van der Waals surface area (Å²) in [5.41, 5.74) is -4.79. The molecule has 0 saturated heterocycles. The average Bonchev–Trinajstić information content (AvgIpc) is 0.748. The van der Waals surface area contributed by atoms with E-state index in [9.17, 15) is 122 Å². The Morgan fingerprint density at radius 1 is 0.297 bits per heavy atom. The normalized spacial score (nSPS) is 12.9. The Morgan fingerprint density at radius 2 is 0.568 bits per heavy atom. The van der Waals surface area contributed by atoms with Crippen LogP contribution < -0.4 is 31.9 Å². The molecule has 9 aromatic carbocycles. The maximum absolute atomic E-state index is 13.1. The molecule has 0 saturated carbocycles. The maximum atomic E-state index is 13.1. The lowest BCUT2D eigenvalue weighted by molar-refractivity contribution is 0.282. The highest BCUT2D eigenvalue weighted by molar-refractivity contribution is 7.92. The molecular weight excluding hydrogens is 1780 g/mol. The third-order valence-electron chi connectivity index (χ3n) is 15.5. The van der Waals surface area contributed by atoms with Crippen LogP contribution in [0.5, 0.6) is 11.5 Å². The second kappa shape index (κ2) is 33.0. The van der Waals surface area contributed by atoms with Crippen LogP contribution in [0.1, 0.15) is 0 Å². The number of phenols is 2. The summed E-state index contributed by atoms with van der Waals surface area (Å²) in [7, 11) is -50.6. The first-order valence-corrected chi connectivity index (χ1v) is 46.1. The Hall–Kier alpha value is -11.8. The van der Waals surface area contributed by atoms with Crippen LogP contribution in [0.4, 0.5) is 92.6 Å². The lowest BCUT2D eigenvalue weighted by Crippen LogP contribution is -2.15. The lowest BCUT2D eigenvalue weighted by atomic mass is 10.1. The van der Waals surface area contributed by atoms with Gasteiger partial charge >= 0.3 is 20.8 Å². The number of rotatable bonds is 32. The zero-order chi connectivity index (χ0) is 86.3. The van der Waals surface area contributed by atoms with Gasteiger partial charge in [-0.05, 0) is 144 Å². The number of phenolic OH excluding ortho intramolecular Hbond substituents is 2. The number of azo groups is 2. The van der Waals surface area contributed by atoms with E-state index in [2.05, 4.69) is 90.6 Å². The smallest absolute Gasteiger partial charge is 0.397 e. The van der Waals surface area contributed by atoms with Crippen LogP contribution in [-0.2, 0) is 110 Å². The molecule has 11 aromatic rings. The van der Waals surface area contributed by atoms with Crippen LogP contribution in [0.15, 0.2) is 217 Å². The molecule has 0 amide bonds. The van der Waals surface area contributed by atoms with Gasteiger partial charge in [-0.15, -0.1) is 20.5 Å². The minimum absolute atomic E-state index is 0.0146. The van der Waals surface area contributed by atoms with Gasteiger partial charge in [0.15, 0.2) is 31.2 Å². The number of fused-ring (bicyclic) bond motifs is 2. The summed E-state index contributed by atoms with van der Waals surface area (Å²) in [6.45, 7) is -1.99. The zero-order valence-electron chi connectivity index (χ0n) is 57.8. The molecule has 0 aliphatic heterocycles. The largest absolute Gasteiger partial charge is 0.505 e. The molecule has 2 aromatic heterocycles. The monoisotopic (exact) mass is 1830 g/mol. The van der Waals surface area contributed by atoms with Crippen LogP contribution >= 0.6 is 0 Å². The molecule has 0 atom stereocenters. The zero-order valence-corrected chi connectivity index (χ0v) is 66.0. The summed E-state index contributed by atoms with van der Waals surface area (Å²) in [6.07, 6.45) is 0. The molecule has 11 rings (SSSR count). The Bertz CT molecular complexity index is 6810. The van der Waals surface area contributed by atoms with Crippen molar-refractivity contribution in [2.24, 2.45) is 20.5 Å². The molecule has 2 heterocycles. The summed E-state index contributed by atoms with van der Waals surface area (Å²) < 4.78 is 336. The Balaban J connectivity index is 0.996. The van der Waals surface area contributed by atoms with E-state index in [0.29, 0.717) is 36.4 Å². The topological polar surface area (TPSA) is 761 Å². The number of anilines is 12. The van der Waals surface area contributed by atoms with Crippen molar-refractivity contribution in [2.75, 3.05) is 56.6 Å². The van der Waals surface area contributed by atoms with Crippen molar-refractivity contribution in [1.29, 1.82) is 0 Å². The first-order chi connectivity index (χ1) is 54.7. The fourth-order valence-electron chi connectivity index (χ4n) is 10.4. The van der Waals surface area contributed by atoms with E-state index in [1.165, 1.54) is 36.4 Å². The van der Waals surface area contributed by atoms with Gasteiger partial charge < -0.3 is 42.1 Å². The van der Waals surface area contributed by atoms with Crippen molar-refractivity contribution in [3.05, 3.63) is 158 Å². The third-order valence-corrected chi connectivity index (χ3v) is 25.0. The highest BCUT2D eigenvalue weighted by Crippen LogP contribution is 2.48. The number of hydrogen-bond acceptors (Lipinski definition) is 40. The fourth-order valence-corrected chi connectivity index (χ4v) is 17.1. The first-order valence-electron chi connectivity index (χ1n) is 31.4. The van der Waals surface area contributed by atoms with Crippen molar-refractivity contribution in [2.45, 2.75) is 39.2 Å². The van der Waals surface area contributed by atoms with Gasteiger partial charge in [0.2, 0.25) is 35.7 Å². The molecule has 0 bridgehead atoms. The predicted octanol–water partition coefficient (Wildman–Crippen LogP) is 7.73. The van der Waals surface area contributed by atoms with Crippen molar-refractivity contribution < 1.29 is 139 Å². The van der Waals surface area contributed by atoms with Crippen LogP contribution in [0, 0.1) is 0 Å². The average molecular weight is 1830 g/mol.